The van der Waals surface area contributed by atoms with Crippen molar-refractivity contribution in [3.63, 3.8) is 0 Å². The van der Waals surface area contributed by atoms with Gasteiger partial charge in [0.05, 0.1) is 12.8 Å². The largest absolute Gasteiger partial charge is 0.508 e. The zero-order chi connectivity index (χ0) is 19.9. The van der Waals surface area contributed by atoms with Gasteiger partial charge in [-0.15, -0.1) is 0 Å². The minimum atomic E-state index is -0.214. The van der Waals surface area contributed by atoms with Gasteiger partial charge in [-0.25, -0.2) is 5.43 Å². The van der Waals surface area contributed by atoms with Crippen molar-refractivity contribution >= 4 is 23.7 Å². The summed E-state index contributed by atoms with van der Waals surface area (Å²) in [6, 6.07) is 12.0. The Bertz CT molecular complexity index is 851. The van der Waals surface area contributed by atoms with Crippen LogP contribution in [0.1, 0.15) is 11.1 Å². The standard InChI is InChI=1S/C20H23ClN4O3/c21-18-4-2-1-3-16(18)13-24-7-9-25(10-8-24)14-20(28)23-22-12-15-5-6-17(26)11-19(15)27/h1-6,11-12,26-27H,7-10,13-14H2,(H,23,28)/b22-12+. The number of hydrogen-bond acceptors (Lipinski definition) is 6. The summed E-state index contributed by atoms with van der Waals surface area (Å²) in [5.41, 5.74) is 3.98. The Morgan fingerprint density at radius 2 is 1.82 bits per heavy atom. The Morgan fingerprint density at radius 1 is 1.11 bits per heavy atom. The maximum atomic E-state index is 12.1. The lowest BCUT2D eigenvalue weighted by Crippen LogP contribution is -2.48. The number of phenols is 2. The van der Waals surface area contributed by atoms with Crippen LogP contribution < -0.4 is 5.43 Å². The molecule has 1 aliphatic heterocycles. The van der Waals surface area contributed by atoms with Crippen LogP contribution in [0, 0.1) is 0 Å². The molecule has 8 heteroatoms. The fraction of sp³-hybridized carbons (Fsp3) is 0.300. The molecular weight excluding hydrogens is 380 g/mol. The number of nitrogens with zero attached hydrogens (tertiary/aromatic N) is 3. The van der Waals surface area contributed by atoms with Crippen LogP contribution in [0.4, 0.5) is 0 Å². The molecule has 0 aliphatic carbocycles. The Hall–Kier alpha value is -2.61. The quantitative estimate of drug-likeness (QED) is 0.508. The van der Waals surface area contributed by atoms with E-state index in [1.807, 2.05) is 24.3 Å². The molecule has 7 nitrogen and oxygen atoms in total. The Morgan fingerprint density at radius 3 is 2.54 bits per heavy atom. The highest BCUT2D eigenvalue weighted by Crippen LogP contribution is 2.20. The molecular formula is C20H23ClN4O3. The van der Waals surface area contributed by atoms with Gasteiger partial charge in [-0.05, 0) is 23.8 Å². The summed E-state index contributed by atoms with van der Waals surface area (Å²) in [6.45, 7) is 4.38. The van der Waals surface area contributed by atoms with Crippen LogP contribution in [-0.4, -0.2) is 64.9 Å². The predicted molar refractivity (Wildman–Crippen MR) is 109 cm³/mol. The van der Waals surface area contributed by atoms with Gasteiger partial charge in [0.25, 0.3) is 5.91 Å². The molecule has 1 heterocycles. The van der Waals surface area contributed by atoms with E-state index >= 15 is 0 Å². The molecule has 28 heavy (non-hydrogen) atoms. The van der Waals surface area contributed by atoms with Gasteiger partial charge in [0.15, 0.2) is 0 Å². The number of hydrazone groups is 1. The lowest BCUT2D eigenvalue weighted by molar-refractivity contribution is -0.122. The van der Waals surface area contributed by atoms with Crippen molar-refractivity contribution in [3.8, 4) is 11.5 Å². The number of nitrogens with one attached hydrogen (secondary N) is 1. The average molecular weight is 403 g/mol. The van der Waals surface area contributed by atoms with E-state index < -0.39 is 0 Å². The topological polar surface area (TPSA) is 88.4 Å². The van der Waals surface area contributed by atoms with Crippen molar-refractivity contribution in [2.24, 2.45) is 5.10 Å². The summed E-state index contributed by atoms with van der Waals surface area (Å²) in [6.07, 6.45) is 1.34. The maximum absolute atomic E-state index is 12.1. The zero-order valence-corrected chi connectivity index (χ0v) is 16.1. The molecule has 1 fully saturated rings. The number of rotatable bonds is 6. The molecule has 0 atom stereocenters. The molecule has 1 amide bonds. The molecule has 3 N–H and O–H groups in total. The third kappa shape index (κ3) is 5.69. The van der Waals surface area contributed by atoms with E-state index in [2.05, 4.69) is 20.3 Å². The van der Waals surface area contributed by atoms with Crippen LogP contribution >= 0.6 is 11.6 Å². The number of piperazine rings is 1. The van der Waals surface area contributed by atoms with Crippen molar-refractivity contribution in [2.45, 2.75) is 6.54 Å². The van der Waals surface area contributed by atoms with Crippen LogP contribution in [0.2, 0.25) is 5.02 Å². The third-order valence-electron chi connectivity index (χ3n) is 4.59. The summed E-state index contributed by atoms with van der Waals surface area (Å²) in [5.74, 6) is -0.353. The summed E-state index contributed by atoms with van der Waals surface area (Å²) >= 11 is 6.22. The number of phenolic OH excluding ortho intramolecular Hbond substituents is 2. The number of carbonyl (C=O) groups is 1. The zero-order valence-electron chi connectivity index (χ0n) is 15.4. The molecule has 0 radical (unpaired) electrons. The van der Waals surface area contributed by atoms with Crippen molar-refractivity contribution in [2.75, 3.05) is 32.7 Å². The fourth-order valence-electron chi connectivity index (χ4n) is 3.03. The van der Waals surface area contributed by atoms with Gasteiger partial charge >= 0.3 is 0 Å². The number of hydrogen-bond donors (Lipinski definition) is 3. The molecule has 0 unspecified atom stereocenters. The van der Waals surface area contributed by atoms with Crippen LogP contribution in [-0.2, 0) is 11.3 Å². The number of benzene rings is 2. The molecule has 1 aliphatic rings. The normalized spacial score (nSPS) is 15.8. The SMILES string of the molecule is O=C(CN1CCN(Cc2ccccc2Cl)CC1)N/N=C/c1ccc(O)cc1O. The second-order valence-corrected chi connectivity index (χ2v) is 7.09. The first-order valence-corrected chi connectivity index (χ1v) is 9.41. The Balaban J connectivity index is 1.41. The molecule has 1 saturated heterocycles. The highest BCUT2D eigenvalue weighted by atomic mass is 35.5. The molecule has 0 aromatic heterocycles. The van der Waals surface area contributed by atoms with E-state index in [9.17, 15) is 15.0 Å². The number of amides is 1. The van der Waals surface area contributed by atoms with Crippen molar-refractivity contribution in [1.82, 2.24) is 15.2 Å². The molecule has 0 spiro atoms. The molecule has 3 rings (SSSR count). The van der Waals surface area contributed by atoms with Crippen LogP contribution in [0.3, 0.4) is 0 Å². The second-order valence-electron chi connectivity index (χ2n) is 6.68. The first-order chi connectivity index (χ1) is 13.5. The van der Waals surface area contributed by atoms with Gasteiger partial charge in [0.1, 0.15) is 11.5 Å². The summed E-state index contributed by atoms with van der Waals surface area (Å²) < 4.78 is 0. The second kappa shape index (κ2) is 9.54. The molecule has 2 aromatic carbocycles. The monoisotopic (exact) mass is 402 g/mol. The predicted octanol–water partition coefficient (Wildman–Crippen LogP) is 2.02. The van der Waals surface area contributed by atoms with Gasteiger partial charge in [0.2, 0.25) is 0 Å². The van der Waals surface area contributed by atoms with E-state index in [0.717, 1.165) is 43.3 Å². The minimum absolute atomic E-state index is 0.0348. The molecule has 0 bridgehead atoms. The fourth-order valence-corrected chi connectivity index (χ4v) is 3.22. The highest BCUT2D eigenvalue weighted by Gasteiger charge is 2.19. The van der Waals surface area contributed by atoms with Gasteiger partial charge in [0, 0.05) is 49.4 Å². The van der Waals surface area contributed by atoms with Crippen LogP contribution in [0.15, 0.2) is 47.6 Å². The lowest BCUT2D eigenvalue weighted by Gasteiger charge is -2.34. The van der Waals surface area contributed by atoms with Gasteiger partial charge in [-0.1, -0.05) is 29.8 Å². The summed E-state index contributed by atoms with van der Waals surface area (Å²) in [4.78, 5) is 16.5. The van der Waals surface area contributed by atoms with E-state index in [1.54, 1.807) is 0 Å². The Kier molecular flexibility index (Phi) is 6.86. The van der Waals surface area contributed by atoms with E-state index in [0.29, 0.717) is 5.56 Å². The van der Waals surface area contributed by atoms with Gasteiger partial charge < -0.3 is 10.2 Å². The first kappa shape index (κ1) is 20.1. The van der Waals surface area contributed by atoms with E-state index in [-0.39, 0.29) is 24.0 Å². The molecule has 148 valence electrons. The smallest absolute Gasteiger partial charge is 0.254 e. The summed E-state index contributed by atoms with van der Waals surface area (Å²) in [7, 11) is 0. The minimum Gasteiger partial charge on any atom is -0.508 e. The van der Waals surface area contributed by atoms with Gasteiger partial charge in [-0.3, -0.25) is 14.6 Å². The first-order valence-electron chi connectivity index (χ1n) is 9.03. The molecule has 0 saturated carbocycles. The highest BCUT2D eigenvalue weighted by molar-refractivity contribution is 6.31. The van der Waals surface area contributed by atoms with E-state index in [4.69, 9.17) is 11.6 Å². The third-order valence-corrected chi connectivity index (χ3v) is 4.96. The van der Waals surface area contributed by atoms with Crippen molar-refractivity contribution < 1.29 is 15.0 Å². The molecule has 2 aromatic rings. The lowest BCUT2D eigenvalue weighted by atomic mass is 10.2. The number of carbonyl (C=O) groups excluding carboxylic acids is 1. The average Bonchev–Trinajstić information content (AvgIpc) is 2.67. The number of aromatic hydroxyl groups is 2. The van der Waals surface area contributed by atoms with Crippen molar-refractivity contribution in [1.29, 1.82) is 0 Å². The number of halogens is 1. The van der Waals surface area contributed by atoms with E-state index in [1.165, 1.54) is 24.4 Å². The van der Waals surface area contributed by atoms with Crippen LogP contribution in [0.5, 0.6) is 11.5 Å². The maximum Gasteiger partial charge on any atom is 0.254 e. The Labute approximate surface area is 168 Å². The van der Waals surface area contributed by atoms with Gasteiger partial charge in [-0.2, -0.15) is 5.10 Å². The van der Waals surface area contributed by atoms with Crippen molar-refractivity contribution in [3.05, 3.63) is 58.6 Å². The van der Waals surface area contributed by atoms with Crippen LogP contribution in [0.25, 0.3) is 0 Å². The summed E-state index contributed by atoms with van der Waals surface area (Å²) in [5, 5.41) is 23.6.